The maximum atomic E-state index is 13.6. The number of imide groups is 1. The maximum absolute atomic E-state index is 13.6. The number of hydrogen-bond donors (Lipinski definition) is 2. The van der Waals surface area contributed by atoms with E-state index in [2.05, 4.69) is 0 Å². The molecule has 0 bridgehead atoms. The summed E-state index contributed by atoms with van der Waals surface area (Å²) in [4.78, 5) is 41.7. The molecule has 33 heavy (non-hydrogen) atoms. The highest BCUT2D eigenvalue weighted by atomic mass is 19.1. The van der Waals surface area contributed by atoms with Gasteiger partial charge in [-0.3, -0.25) is 19.3 Å². The largest absolute Gasteiger partial charge is 0.378 e. The van der Waals surface area contributed by atoms with Crippen LogP contribution in [0.25, 0.3) is 0 Å². The molecule has 176 valence electrons. The minimum atomic E-state index is -2.05. The van der Waals surface area contributed by atoms with Crippen LogP contribution in [0.5, 0.6) is 0 Å². The molecule has 9 heteroatoms. The van der Waals surface area contributed by atoms with Crippen LogP contribution >= 0.6 is 0 Å². The number of amides is 3. The van der Waals surface area contributed by atoms with Gasteiger partial charge >= 0.3 is 0 Å². The zero-order chi connectivity index (χ0) is 24.3. The minimum Gasteiger partial charge on any atom is -0.378 e. The van der Waals surface area contributed by atoms with Crippen molar-refractivity contribution >= 4 is 17.7 Å². The van der Waals surface area contributed by atoms with E-state index in [4.69, 9.17) is 5.73 Å². The molecule has 1 heterocycles. The van der Waals surface area contributed by atoms with Gasteiger partial charge in [0.05, 0.1) is 12.1 Å². The molecule has 1 saturated heterocycles. The van der Waals surface area contributed by atoms with E-state index < -0.39 is 47.5 Å². The Morgan fingerprint density at radius 2 is 1.70 bits per heavy atom. The standard InChI is InChI=1S/C24H27F2N3O4/c1-14(27)22(31)29(24(33)21(30)16-11-17(25)13-18(26)12-16)20-10-6-9-19(28(2)23(20)32)15-7-4-3-5-8-15/h3-5,7-8,11-14,19-21,30H,6,9-10,27H2,1-2H3/t14-,19+,20-,21+/m0/s1. The number of rotatable bonds is 5. The molecular weight excluding hydrogens is 432 g/mol. The Morgan fingerprint density at radius 1 is 1.09 bits per heavy atom. The summed E-state index contributed by atoms with van der Waals surface area (Å²) in [5, 5.41) is 10.6. The van der Waals surface area contributed by atoms with Crippen molar-refractivity contribution in [3.8, 4) is 0 Å². The Morgan fingerprint density at radius 3 is 2.27 bits per heavy atom. The van der Waals surface area contributed by atoms with Gasteiger partial charge in [-0.2, -0.15) is 0 Å². The maximum Gasteiger partial charge on any atom is 0.263 e. The van der Waals surface area contributed by atoms with E-state index in [1.54, 1.807) is 7.05 Å². The molecule has 4 atom stereocenters. The van der Waals surface area contributed by atoms with Crippen LogP contribution in [-0.4, -0.2) is 51.8 Å². The predicted molar refractivity (Wildman–Crippen MR) is 116 cm³/mol. The highest BCUT2D eigenvalue weighted by Gasteiger charge is 2.42. The van der Waals surface area contributed by atoms with E-state index in [1.807, 2.05) is 30.3 Å². The van der Waals surface area contributed by atoms with Crippen LogP contribution in [0, 0.1) is 11.6 Å². The van der Waals surface area contributed by atoms with Crippen molar-refractivity contribution in [1.82, 2.24) is 9.80 Å². The predicted octanol–water partition coefficient (Wildman–Crippen LogP) is 2.45. The molecule has 7 nitrogen and oxygen atoms in total. The quantitative estimate of drug-likeness (QED) is 0.715. The van der Waals surface area contributed by atoms with Gasteiger partial charge in [-0.25, -0.2) is 8.78 Å². The number of aliphatic hydroxyl groups is 1. The van der Waals surface area contributed by atoms with Crippen LogP contribution in [0.1, 0.15) is 49.5 Å². The van der Waals surface area contributed by atoms with Gasteiger partial charge in [0, 0.05) is 13.1 Å². The van der Waals surface area contributed by atoms with E-state index in [-0.39, 0.29) is 18.0 Å². The zero-order valence-corrected chi connectivity index (χ0v) is 18.4. The number of halogens is 2. The van der Waals surface area contributed by atoms with Crippen LogP contribution in [0.3, 0.4) is 0 Å². The highest BCUT2D eigenvalue weighted by molar-refractivity contribution is 6.03. The fourth-order valence-corrected chi connectivity index (χ4v) is 4.16. The Bertz CT molecular complexity index is 1010. The SMILES string of the molecule is C[C@H](N)C(=O)N(C(=O)[C@H](O)c1cc(F)cc(F)c1)[C@H]1CCC[C@H](c2ccccc2)N(C)C1=O. The summed E-state index contributed by atoms with van der Waals surface area (Å²) >= 11 is 0. The summed E-state index contributed by atoms with van der Waals surface area (Å²) in [6.07, 6.45) is -0.763. The van der Waals surface area contributed by atoms with Crippen molar-refractivity contribution in [2.75, 3.05) is 7.05 Å². The van der Waals surface area contributed by atoms with Crippen LogP contribution in [-0.2, 0) is 14.4 Å². The third kappa shape index (κ3) is 5.26. The molecule has 2 aromatic carbocycles. The molecule has 1 aliphatic heterocycles. The van der Waals surface area contributed by atoms with Crippen molar-refractivity contribution in [3.63, 3.8) is 0 Å². The average Bonchev–Trinajstić information content (AvgIpc) is 2.92. The summed E-state index contributed by atoms with van der Waals surface area (Å²) in [6, 6.07) is 8.97. The molecule has 2 aromatic rings. The van der Waals surface area contributed by atoms with Gasteiger partial charge in [-0.1, -0.05) is 30.3 Å². The number of nitrogens with zero attached hydrogens (tertiary/aromatic N) is 2. The Balaban J connectivity index is 1.95. The molecule has 0 radical (unpaired) electrons. The first-order chi connectivity index (χ1) is 15.6. The minimum absolute atomic E-state index is 0.168. The van der Waals surface area contributed by atoms with Gasteiger partial charge in [0.1, 0.15) is 17.7 Å². The molecular formula is C24H27F2N3O4. The molecule has 0 saturated carbocycles. The van der Waals surface area contributed by atoms with Gasteiger partial charge in [-0.05, 0) is 49.4 Å². The van der Waals surface area contributed by atoms with Gasteiger partial charge in [0.25, 0.3) is 5.91 Å². The summed E-state index contributed by atoms with van der Waals surface area (Å²) in [7, 11) is 1.59. The van der Waals surface area contributed by atoms with Crippen molar-refractivity contribution in [2.24, 2.45) is 5.73 Å². The van der Waals surface area contributed by atoms with E-state index >= 15 is 0 Å². The number of nitrogens with two attached hydrogens (primary N) is 1. The second-order valence-electron chi connectivity index (χ2n) is 8.26. The van der Waals surface area contributed by atoms with Crippen LogP contribution in [0.2, 0.25) is 0 Å². The van der Waals surface area contributed by atoms with Crippen molar-refractivity contribution in [3.05, 3.63) is 71.3 Å². The normalized spacial score (nSPS) is 20.7. The first kappa shape index (κ1) is 24.5. The van der Waals surface area contributed by atoms with Crippen molar-refractivity contribution in [2.45, 2.75) is 50.4 Å². The molecule has 0 aromatic heterocycles. The monoisotopic (exact) mass is 459 g/mol. The number of hydrogen-bond acceptors (Lipinski definition) is 5. The first-order valence-corrected chi connectivity index (χ1v) is 10.7. The molecule has 3 rings (SSSR count). The first-order valence-electron chi connectivity index (χ1n) is 10.7. The Hall–Kier alpha value is -3.17. The third-order valence-electron chi connectivity index (χ3n) is 5.85. The van der Waals surface area contributed by atoms with E-state index in [0.717, 1.165) is 17.7 Å². The number of aliphatic hydroxyl groups excluding tert-OH is 1. The Kier molecular flexibility index (Phi) is 7.55. The molecule has 0 spiro atoms. The summed E-state index contributed by atoms with van der Waals surface area (Å²) in [5.74, 6) is -4.48. The van der Waals surface area contributed by atoms with Gasteiger partial charge in [0.2, 0.25) is 11.8 Å². The lowest BCUT2D eigenvalue weighted by Crippen LogP contribution is -2.56. The number of carbonyl (C=O) groups is 3. The molecule has 1 fully saturated rings. The third-order valence-corrected chi connectivity index (χ3v) is 5.85. The van der Waals surface area contributed by atoms with Crippen LogP contribution in [0.15, 0.2) is 48.5 Å². The van der Waals surface area contributed by atoms with Gasteiger partial charge < -0.3 is 15.7 Å². The lowest BCUT2D eigenvalue weighted by Gasteiger charge is -2.34. The average molecular weight is 459 g/mol. The van der Waals surface area contributed by atoms with Gasteiger partial charge in [0.15, 0.2) is 6.10 Å². The molecule has 1 aliphatic rings. The second kappa shape index (κ2) is 10.2. The van der Waals surface area contributed by atoms with Crippen molar-refractivity contribution < 1.29 is 28.3 Å². The number of likely N-dealkylation sites (tertiary alicyclic amines) is 1. The van der Waals surface area contributed by atoms with Crippen LogP contribution < -0.4 is 5.73 Å². The number of benzene rings is 2. The number of carbonyl (C=O) groups excluding carboxylic acids is 3. The van der Waals surface area contributed by atoms with E-state index in [0.29, 0.717) is 23.8 Å². The number of likely N-dealkylation sites (N-methyl/N-ethyl adjacent to an activating group) is 1. The fourth-order valence-electron chi connectivity index (χ4n) is 4.16. The molecule has 0 unspecified atom stereocenters. The molecule has 0 aliphatic carbocycles. The molecule has 3 amide bonds. The zero-order valence-electron chi connectivity index (χ0n) is 18.4. The van der Waals surface area contributed by atoms with Crippen LogP contribution in [0.4, 0.5) is 8.78 Å². The summed E-state index contributed by atoms with van der Waals surface area (Å²) in [6.45, 7) is 1.36. The Labute approximate surface area is 190 Å². The summed E-state index contributed by atoms with van der Waals surface area (Å²) < 4.78 is 27.3. The van der Waals surface area contributed by atoms with E-state index in [1.165, 1.54) is 11.8 Å². The topological polar surface area (TPSA) is 104 Å². The fraction of sp³-hybridized carbons (Fsp3) is 0.375. The van der Waals surface area contributed by atoms with E-state index in [9.17, 15) is 28.3 Å². The van der Waals surface area contributed by atoms with Crippen molar-refractivity contribution in [1.29, 1.82) is 0 Å². The molecule has 3 N–H and O–H groups in total. The second-order valence-corrected chi connectivity index (χ2v) is 8.26. The highest BCUT2D eigenvalue weighted by Crippen LogP contribution is 2.32. The lowest BCUT2D eigenvalue weighted by molar-refractivity contribution is -0.160. The summed E-state index contributed by atoms with van der Waals surface area (Å²) in [5.41, 5.74) is 6.29. The smallest absolute Gasteiger partial charge is 0.263 e. The van der Waals surface area contributed by atoms with Gasteiger partial charge in [-0.15, -0.1) is 0 Å². The lowest BCUT2D eigenvalue weighted by atomic mass is 10.0.